The Hall–Kier alpha value is -0.409. The summed E-state index contributed by atoms with van der Waals surface area (Å²) < 4.78 is 26.0. The summed E-state index contributed by atoms with van der Waals surface area (Å²) in [5, 5.41) is 9.58. The summed E-state index contributed by atoms with van der Waals surface area (Å²) >= 11 is 0. The normalized spacial score (nSPS) is 29.3. The van der Waals surface area contributed by atoms with Crippen molar-refractivity contribution in [2.24, 2.45) is 17.3 Å². The molecule has 0 amide bonds. The van der Waals surface area contributed by atoms with Crippen molar-refractivity contribution in [3.63, 3.8) is 0 Å². The molecule has 41 heavy (non-hydrogen) atoms. The average molecular weight is 600 g/mol. The molecule has 3 aliphatic carbocycles. The van der Waals surface area contributed by atoms with Crippen molar-refractivity contribution in [1.82, 2.24) is 4.65 Å². The van der Waals surface area contributed by atoms with Gasteiger partial charge in [0.25, 0.3) is 0 Å². The van der Waals surface area contributed by atoms with Crippen molar-refractivity contribution in [3.8, 4) is 5.75 Å². The number of allylic oxidation sites excluding steroid dienone is 1. The number of nitrogens with one attached hydrogen (secondary N) is 1. The zero-order valence-electron chi connectivity index (χ0n) is 28.9. The van der Waals surface area contributed by atoms with Crippen LogP contribution in [0.3, 0.4) is 0 Å². The van der Waals surface area contributed by atoms with Crippen LogP contribution in [-0.4, -0.2) is 62.1 Å². The molecule has 1 aromatic rings. The summed E-state index contributed by atoms with van der Waals surface area (Å²) in [5.74, 6) is 3.06. The zero-order chi connectivity index (χ0) is 29.7. The second-order valence-electron chi connectivity index (χ2n) is 14.4. The van der Waals surface area contributed by atoms with Gasteiger partial charge in [-0.05, 0) is 85.5 Å². The Kier molecular flexibility index (Phi) is 13.9. The van der Waals surface area contributed by atoms with E-state index in [0.717, 1.165) is 18.6 Å². The Bertz CT molecular complexity index is 990. The molecule has 6 nitrogen and oxygen atoms in total. The Morgan fingerprint density at radius 1 is 1.02 bits per heavy atom. The van der Waals surface area contributed by atoms with Gasteiger partial charge in [-0.1, -0.05) is 63.9 Å². The summed E-state index contributed by atoms with van der Waals surface area (Å²) in [6, 6.07) is 6.58. The fourth-order valence-electron chi connectivity index (χ4n) is 8.03. The zero-order valence-corrected chi connectivity index (χ0v) is 29.9. The predicted molar refractivity (Wildman–Crippen MR) is 171 cm³/mol. The molecular weight excluding hydrogens is 541 g/mol. The minimum Gasteiger partial charge on any atom is -1.00 e. The molecule has 0 radical (unpaired) electrons. The van der Waals surface area contributed by atoms with Gasteiger partial charge in [0.2, 0.25) is 0 Å². The van der Waals surface area contributed by atoms with E-state index in [9.17, 15) is 5.11 Å². The smallest absolute Gasteiger partial charge is 1.00 e. The first-order valence-corrected chi connectivity index (χ1v) is 22.2. The van der Waals surface area contributed by atoms with Crippen molar-refractivity contribution >= 4 is 16.5 Å². The number of rotatable bonds is 10. The molecule has 3 aliphatic rings. The first kappa shape index (κ1) is 36.8. The number of aliphatic hydroxyl groups is 1. The van der Waals surface area contributed by atoms with Crippen LogP contribution in [0.5, 0.6) is 5.75 Å². The number of aliphatic hydroxyl groups excluding tert-OH is 1. The molecule has 1 aromatic carbocycles. The Morgan fingerprint density at radius 2 is 1.68 bits per heavy atom. The second kappa shape index (κ2) is 15.5. The Labute approximate surface area is 266 Å². The van der Waals surface area contributed by atoms with Crippen molar-refractivity contribution in [1.29, 1.82) is 0 Å². The molecule has 9 heteroatoms. The van der Waals surface area contributed by atoms with Gasteiger partial charge in [0.05, 0.1) is 12.7 Å². The topological polar surface area (TPSA) is 69.2 Å². The van der Waals surface area contributed by atoms with Crippen LogP contribution >= 0.6 is 0 Å². The fourth-order valence-corrected chi connectivity index (χ4v) is 17.0. The number of methoxy groups -OCH3 is 2. The number of fused-ring (bicyclic) bond motifs is 5. The Balaban J connectivity index is 0.000000700. The van der Waals surface area contributed by atoms with Gasteiger partial charge in [-0.3, -0.25) is 0 Å². The van der Waals surface area contributed by atoms with Gasteiger partial charge in [-0.15, -0.1) is 0 Å². The van der Waals surface area contributed by atoms with Gasteiger partial charge >= 0.3 is 18.9 Å². The van der Waals surface area contributed by atoms with E-state index in [1.54, 1.807) is 14.2 Å². The van der Waals surface area contributed by atoms with Crippen LogP contribution in [0, 0.1) is 17.3 Å². The summed E-state index contributed by atoms with van der Waals surface area (Å²) in [6.45, 7) is 19.4. The molecule has 0 bridgehead atoms. The molecule has 0 heterocycles. The van der Waals surface area contributed by atoms with Crippen molar-refractivity contribution in [2.45, 2.75) is 103 Å². The molecule has 2 N–H and O–H groups in total. The number of hydrogen-bond donors (Lipinski definition) is 2. The summed E-state index contributed by atoms with van der Waals surface area (Å²) in [6.07, 6.45) is 8.14. The van der Waals surface area contributed by atoms with Gasteiger partial charge in [0, 0.05) is 20.1 Å². The summed E-state index contributed by atoms with van der Waals surface area (Å²) in [5.41, 5.74) is 4.31. The van der Waals surface area contributed by atoms with Crippen LogP contribution in [-0.2, 0) is 14.2 Å². The molecule has 0 saturated heterocycles. The van der Waals surface area contributed by atoms with Crippen LogP contribution in [0.15, 0.2) is 29.8 Å². The van der Waals surface area contributed by atoms with Crippen molar-refractivity contribution < 1.29 is 44.3 Å². The number of hydrogen-bond acceptors (Lipinski definition) is 6. The predicted octanol–water partition coefficient (Wildman–Crippen LogP) is 4.36. The van der Waals surface area contributed by atoms with Crippen LogP contribution < -0.4 is 28.2 Å². The Morgan fingerprint density at radius 3 is 2.24 bits per heavy atom. The maximum Gasteiger partial charge on any atom is 1.00 e. The van der Waals surface area contributed by atoms with E-state index < -0.39 is 16.5 Å². The quantitative estimate of drug-likeness (QED) is 0.237. The minimum atomic E-state index is -0.981. The van der Waals surface area contributed by atoms with Crippen molar-refractivity contribution in [3.05, 3.63) is 41.0 Å². The van der Waals surface area contributed by atoms with E-state index in [0.29, 0.717) is 30.5 Å². The molecule has 230 valence electrons. The van der Waals surface area contributed by atoms with Gasteiger partial charge in [-0.2, -0.15) is 0 Å². The third-order valence-corrected chi connectivity index (χ3v) is 15.1. The summed E-state index contributed by atoms with van der Waals surface area (Å²) in [7, 11) is 1.38. The maximum absolute atomic E-state index is 9.58. The van der Waals surface area contributed by atoms with E-state index in [-0.39, 0.29) is 45.2 Å². The SMILES string of the molecule is COCOc1ccc2c(c1)[C@@H](C(C)=CCO)C[C@@H]1[C@@H]2CC[C@]2(C)[C@@H](OCOC)CC[C@@H]12.C[Si](C)(C)N[Si](C)(C)C.[H-].[Li+]. The maximum atomic E-state index is 9.58. The summed E-state index contributed by atoms with van der Waals surface area (Å²) in [4.78, 5) is 0. The number of ether oxygens (including phenoxy) is 4. The van der Waals surface area contributed by atoms with Crippen LogP contribution in [0.1, 0.15) is 70.3 Å². The first-order chi connectivity index (χ1) is 18.7. The molecule has 4 rings (SSSR count). The van der Waals surface area contributed by atoms with E-state index in [2.05, 4.69) is 76.0 Å². The van der Waals surface area contributed by atoms with Crippen LogP contribution in [0.2, 0.25) is 39.3 Å². The minimum absolute atomic E-state index is 0. The molecule has 6 atom stereocenters. The first-order valence-electron chi connectivity index (χ1n) is 15.2. The second-order valence-corrected chi connectivity index (χ2v) is 24.4. The van der Waals surface area contributed by atoms with E-state index in [1.165, 1.54) is 36.0 Å². The largest absolute Gasteiger partial charge is 1.00 e. The van der Waals surface area contributed by atoms with Gasteiger partial charge < -0.3 is 30.1 Å². The molecule has 2 fully saturated rings. The van der Waals surface area contributed by atoms with Crippen LogP contribution in [0.25, 0.3) is 0 Å². The third kappa shape index (κ3) is 9.54. The number of benzene rings is 1. The third-order valence-electron chi connectivity index (χ3n) is 9.13. The molecular formula is C32H58LiNO5Si2. The van der Waals surface area contributed by atoms with Gasteiger partial charge in [-0.25, -0.2) is 0 Å². The van der Waals surface area contributed by atoms with Gasteiger partial charge in [0.15, 0.2) is 6.79 Å². The van der Waals surface area contributed by atoms with Crippen molar-refractivity contribution in [2.75, 3.05) is 34.4 Å². The molecule has 0 spiro atoms. The molecule has 0 unspecified atom stereocenters. The molecule has 0 aromatic heterocycles. The monoisotopic (exact) mass is 599 g/mol. The van der Waals surface area contributed by atoms with Gasteiger partial charge in [0.1, 0.15) is 29.0 Å². The van der Waals surface area contributed by atoms with Crippen LogP contribution in [0.4, 0.5) is 0 Å². The van der Waals surface area contributed by atoms with E-state index in [4.69, 9.17) is 18.9 Å². The molecule has 2 saturated carbocycles. The fraction of sp³-hybridized carbons (Fsp3) is 0.750. The van der Waals surface area contributed by atoms with E-state index in [1.807, 2.05) is 6.08 Å². The van der Waals surface area contributed by atoms with E-state index >= 15 is 0 Å². The average Bonchev–Trinajstić information content (AvgIpc) is 3.20. The standard InChI is InChI=1S/C26H38O5.C6H19NSi2.Li.H/c1-17(10-12-27)21-14-23-20(19-6-5-18(13-22(19)21)30-15-28-3)9-11-26(2)24(23)7-8-25(26)31-16-29-4;1-8(2,3)7-9(4,5)6;;/h5-6,10,13,20-21,23-25,27H,7-9,11-12,14-16H2,1-4H3;7H,1-6H3;;/q;;+1;-1/t20-,21-,23-,24+,25+,26+;;;/m1.../s1. The molecule has 0 aliphatic heterocycles.